The number of esters is 1. The molecule has 1 atom stereocenters. The lowest BCUT2D eigenvalue weighted by molar-refractivity contribution is -0.137. The lowest BCUT2D eigenvalue weighted by atomic mass is 9.91. The summed E-state index contributed by atoms with van der Waals surface area (Å²) in [6, 6.07) is 7.71. The molecule has 1 aromatic rings. The number of nitrogens with one attached hydrogen (secondary N) is 1. The average molecular weight is 329 g/mol. The van der Waals surface area contributed by atoms with Crippen molar-refractivity contribution in [1.82, 2.24) is 5.32 Å². The van der Waals surface area contributed by atoms with Crippen molar-refractivity contribution in [3.8, 4) is 0 Å². The zero-order chi connectivity index (χ0) is 17.7. The standard InChI is InChI=1S/C20H27NO3/c1-13(2)11-19(22)21-17-9-10-18(24-20(23)12-14(3)4)16-8-6-5-7-15(16)17/h5-8,10,13-14,17H,9,11-12H2,1-4H3,(H,21,22). The molecule has 130 valence electrons. The van der Waals surface area contributed by atoms with Crippen LogP contribution in [-0.4, -0.2) is 11.9 Å². The van der Waals surface area contributed by atoms with Gasteiger partial charge in [-0.15, -0.1) is 0 Å². The third-order valence-electron chi connectivity index (χ3n) is 3.87. The van der Waals surface area contributed by atoms with Crippen molar-refractivity contribution >= 4 is 17.6 Å². The van der Waals surface area contributed by atoms with Crippen LogP contribution in [0.25, 0.3) is 5.76 Å². The molecule has 0 saturated carbocycles. The molecule has 0 aromatic heterocycles. The van der Waals surface area contributed by atoms with E-state index >= 15 is 0 Å². The molecule has 1 N–H and O–H groups in total. The topological polar surface area (TPSA) is 55.4 Å². The van der Waals surface area contributed by atoms with Gasteiger partial charge < -0.3 is 10.1 Å². The predicted octanol–water partition coefficient (Wildman–Crippen LogP) is 4.22. The van der Waals surface area contributed by atoms with Crippen LogP contribution >= 0.6 is 0 Å². The fourth-order valence-corrected chi connectivity index (χ4v) is 2.84. The summed E-state index contributed by atoms with van der Waals surface area (Å²) < 4.78 is 5.56. The fraction of sp³-hybridized carbons (Fsp3) is 0.500. The van der Waals surface area contributed by atoms with Gasteiger partial charge in [0.2, 0.25) is 5.91 Å². The second-order valence-electron chi connectivity index (χ2n) is 7.18. The molecule has 2 rings (SSSR count). The molecule has 0 heterocycles. The van der Waals surface area contributed by atoms with Gasteiger partial charge in [-0.05, 0) is 29.9 Å². The molecule has 0 saturated heterocycles. The molecule has 1 unspecified atom stereocenters. The van der Waals surface area contributed by atoms with Gasteiger partial charge in [0.25, 0.3) is 0 Å². The Morgan fingerprint density at radius 2 is 1.79 bits per heavy atom. The summed E-state index contributed by atoms with van der Waals surface area (Å²) in [6.45, 7) is 8.04. The van der Waals surface area contributed by atoms with Crippen molar-refractivity contribution in [3.63, 3.8) is 0 Å². The van der Waals surface area contributed by atoms with Gasteiger partial charge in [0.05, 0.1) is 6.04 Å². The van der Waals surface area contributed by atoms with E-state index in [-0.39, 0.29) is 23.8 Å². The molecule has 0 fully saturated rings. The Morgan fingerprint density at radius 1 is 1.12 bits per heavy atom. The van der Waals surface area contributed by atoms with Crippen LogP contribution in [0.1, 0.15) is 64.1 Å². The maximum atomic E-state index is 12.1. The highest BCUT2D eigenvalue weighted by Gasteiger charge is 2.25. The number of fused-ring (bicyclic) bond motifs is 1. The largest absolute Gasteiger partial charge is 0.426 e. The Balaban J connectivity index is 2.13. The first kappa shape index (κ1) is 18.2. The summed E-state index contributed by atoms with van der Waals surface area (Å²) in [5.41, 5.74) is 1.89. The van der Waals surface area contributed by atoms with E-state index in [1.54, 1.807) is 0 Å². The van der Waals surface area contributed by atoms with Crippen molar-refractivity contribution in [2.45, 2.75) is 53.0 Å². The quantitative estimate of drug-likeness (QED) is 0.795. The first-order chi connectivity index (χ1) is 11.4. The summed E-state index contributed by atoms with van der Waals surface area (Å²) >= 11 is 0. The molecule has 0 spiro atoms. The number of benzene rings is 1. The zero-order valence-corrected chi connectivity index (χ0v) is 15.0. The van der Waals surface area contributed by atoms with Crippen molar-refractivity contribution in [2.75, 3.05) is 0 Å². The minimum atomic E-state index is -0.214. The van der Waals surface area contributed by atoms with Crippen LogP contribution in [0.15, 0.2) is 30.3 Å². The van der Waals surface area contributed by atoms with Crippen LogP contribution < -0.4 is 5.32 Å². The molecule has 0 aliphatic heterocycles. The highest BCUT2D eigenvalue weighted by atomic mass is 16.5. The number of hydrogen-bond donors (Lipinski definition) is 1. The third-order valence-corrected chi connectivity index (χ3v) is 3.87. The fourth-order valence-electron chi connectivity index (χ4n) is 2.84. The first-order valence-electron chi connectivity index (χ1n) is 8.66. The molecule has 1 aliphatic rings. The number of rotatable bonds is 6. The highest BCUT2D eigenvalue weighted by Crippen LogP contribution is 2.34. The van der Waals surface area contributed by atoms with E-state index in [9.17, 15) is 9.59 Å². The second-order valence-corrected chi connectivity index (χ2v) is 7.18. The van der Waals surface area contributed by atoms with Gasteiger partial charge in [0.1, 0.15) is 5.76 Å². The Hall–Kier alpha value is -2.10. The second kappa shape index (κ2) is 8.13. The van der Waals surface area contributed by atoms with E-state index in [2.05, 4.69) is 5.32 Å². The zero-order valence-electron chi connectivity index (χ0n) is 15.0. The summed E-state index contributed by atoms with van der Waals surface area (Å²) in [5, 5.41) is 3.09. The number of amides is 1. The van der Waals surface area contributed by atoms with E-state index in [4.69, 9.17) is 4.74 Å². The molecule has 0 bridgehead atoms. The van der Waals surface area contributed by atoms with Gasteiger partial charge in [-0.2, -0.15) is 0 Å². The van der Waals surface area contributed by atoms with Crippen molar-refractivity contribution in [3.05, 3.63) is 41.5 Å². The molecule has 1 amide bonds. The van der Waals surface area contributed by atoms with Crippen LogP contribution in [0.5, 0.6) is 0 Å². The maximum absolute atomic E-state index is 12.1. The summed E-state index contributed by atoms with van der Waals surface area (Å²) in [6.07, 6.45) is 3.44. The molecule has 24 heavy (non-hydrogen) atoms. The van der Waals surface area contributed by atoms with Crippen LogP contribution in [-0.2, 0) is 14.3 Å². The van der Waals surface area contributed by atoms with Gasteiger partial charge in [-0.1, -0.05) is 52.0 Å². The predicted molar refractivity (Wildman–Crippen MR) is 94.9 cm³/mol. The van der Waals surface area contributed by atoms with Gasteiger partial charge in [-0.25, -0.2) is 0 Å². The number of carbonyl (C=O) groups is 2. The third kappa shape index (κ3) is 4.95. The minimum Gasteiger partial charge on any atom is -0.426 e. The number of hydrogen-bond acceptors (Lipinski definition) is 3. The molecule has 4 nitrogen and oxygen atoms in total. The van der Waals surface area contributed by atoms with Crippen molar-refractivity contribution < 1.29 is 14.3 Å². The van der Waals surface area contributed by atoms with E-state index < -0.39 is 0 Å². The molecule has 0 radical (unpaired) electrons. The van der Waals surface area contributed by atoms with Crippen molar-refractivity contribution in [1.29, 1.82) is 0 Å². The Morgan fingerprint density at radius 3 is 2.46 bits per heavy atom. The smallest absolute Gasteiger partial charge is 0.311 e. The Bertz CT molecular complexity index is 632. The molecule has 1 aromatic carbocycles. The monoisotopic (exact) mass is 329 g/mol. The first-order valence-corrected chi connectivity index (χ1v) is 8.66. The minimum absolute atomic E-state index is 0.0541. The van der Waals surface area contributed by atoms with Crippen molar-refractivity contribution in [2.24, 2.45) is 11.8 Å². The lowest BCUT2D eigenvalue weighted by Gasteiger charge is -2.26. The van der Waals surface area contributed by atoms with E-state index in [0.717, 1.165) is 11.1 Å². The normalized spacial score (nSPS) is 16.6. The molecule has 4 heteroatoms. The SMILES string of the molecule is CC(C)CC(=O)NC1CC=C(OC(=O)CC(C)C)c2ccccc21. The van der Waals surface area contributed by atoms with Gasteiger partial charge in [-0.3, -0.25) is 9.59 Å². The van der Waals surface area contributed by atoms with Gasteiger partial charge >= 0.3 is 5.97 Å². The van der Waals surface area contributed by atoms with Gasteiger partial charge in [0.15, 0.2) is 0 Å². The number of ether oxygens (including phenoxy) is 1. The number of carbonyl (C=O) groups excluding carboxylic acids is 2. The van der Waals surface area contributed by atoms with E-state index in [0.29, 0.717) is 30.9 Å². The van der Waals surface area contributed by atoms with Crippen LogP contribution in [0.2, 0.25) is 0 Å². The highest BCUT2D eigenvalue weighted by molar-refractivity contribution is 5.81. The Labute approximate surface area is 144 Å². The van der Waals surface area contributed by atoms with Crippen LogP contribution in [0.4, 0.5) is 0 Å². The van der Waals surface area contributed by atoms with Gasteiger partial charge in [0, 0.05) is 18.4 Å². The lowest BCUT2D eigenvalue weighted by Crippen LogP contribution is -2.31. The summed E-state index contributed by atoms with van der Waals surface area (Å²) in [7, 11) is 0. The average Bonchev–Trinajstić information content (AvgIpc) is 2.48. The van der Waals surface area contributed by atoms with Crippen LogP contribution in [0, 0.1) is 11.8 Å². The van der Waals surface area contributed by atoms with E-state index in [1.807, 2.05) is 58.0 Å². The summed E-state index contributed by atoms with van der Waals surface area (Å²) in [5.74, 6) is 1.03. The molecule has 1 aliphatic carbocycles. The maximum Gasteiger partial charge on any atom is 0.311 e. The Kier molecular flexibility index (Phi) is 6.18. The van der Waals surface area contributed by atoms with Crippen LogP contribution in [0.3, 0.4) is 0 Å². The molecular formula is C20H27NO3. The van der Waals surface area contributed by atoms with E-state index in [1.165, 1.54) is 0 Å². The molecular weight excluding hydrogens is 302 g/mol. The summed E-state index contributed by atoms with van der Waals surface area (Å²) in [4.78, 5) is 24.1.